The summed E-state index contributed by atoms with van der Waals surface area (Å²) in [7, 11) is -5.18. The number of hydrogen-bond donors (Lipinski definition) is 7. The second kappa shape index (κ2) is 42.2. The number of rotatable bonds is 40. The van der Waals surface area contributed by atoms with Gasteiger partial charge in [0.2, 0.25) is 0 Å². The summed E-state index contributed by atoms with van der Waals surface area (Å²) in [6, 6.07) is 0. The van der Waals surface area contributed by atoms with E-state index in [1.54, 1.807) is 24.3 Å². The monoisotopic (exact) mass is 991 g/mol. The molecule has 4 unspecified atom stereocenters. The molecule has 1 saturated carbocycles. The molecule has 1 aliphatic carbocycles. The Morgan fingerprint density at radius 1 is 0.536 bits per heavy atom. The lowest BCUT2D eigenvalue weighted by Crippen LogP contribution is -2.64. The van der Waals surface area contributed by atoms with Crippen LogP contribution in [0.15, 0.2) is 109 Å². The Kier molecular flexibility index (Phi) is 38.8. The fraction of sp³-hybridized carbons (Fsp3) is 0.630. The van der Waals surface area contributed by atoms with Crippen LogP contribution in [-0.4, -0.2) is 110 Å². The second-order valence-corrected chi connectivity index (χ2v) is 18.5. The van der Waals surface area contributed by atoms with Gasteiger partial charge >= 0.3 is 19.8 Å². The number of phosphoric ester groups is 1. The third-order valence-corrected chi connectivity index (χ3v) is 11.9. The van der Waals surface area contributed by atoms with E-state index in [1.807, 2.05) is 12.2 Å². The van der Waals surface area contributed by atoms with Gasteiger partial charge in [0, 0.05) is 12.8 Å². The van der Waals surface area contributed by atoms with Gasteiger partial charge in [-0.05, 0) is 83.5 Å². The Labute approximate surface area is 413 Å². The maximum atomic E-state index is 12.9. The normalized spacial score (nSPS) is 22.3. The molecule has 0 aromatic heterocycles. The molecule has 1 aliphatic rings. The highest BCUT2D eigenvalue weighted by atomic mass is 31.2. The molecule has 15 heteroatoms. The number of phosphoric acid groups is 1. The molecular weight excluding hydrogens is 904 g/mol. The highest BCUT2D eigenvalue weighted by Gasteiger charge is 2.51. The minimum Gasteiger partial charge on any atom is -0.462 e. The number of carbonyl (C=O) groups excluding carboxylic acids is 2. The fourth-order valence-corrected chi connectivity index (χ4v) is 7.85. The van der Waals surface area contributed by atoms with Crippen LogP contribution in [0.1, 0.15) is 155 Å². The molecule has 0 aliphatic heterocycles. The number of aliphatic hydroxyl groups is 6. The zero-order valence-corrected chi connectivity index (χ0v) is 42.3. The molecule has 14 nitrogen and oxygen atoms in total. The topological polar surface area (TPSA) is 230 Å². The van der Waals surface area contributed by atoms with E-state index in [1.165, 1.54) is 25.7 Å². The van der Waals surface area contributed by atoms with Gasteiger partial charge in [-0.3, -0.25) is 18.6 Å². The molecule has 1 rings (SSSR count). The van der Waals surface area contributed by atoms with Gasteiger partial charge in [0.05, 0.1) is 12.7 Å². The van der Waals surface area contributed by atoms with E-state index in [-0.39, 0.29) is 19.3 Å². The van der Waals surface area contributed by atoms with Crippen molar-refractivity contribution in [1.82, 2.24) is 0 Å². The van der Waals surface area contributed by atoms with Gasteiger partial charge in [-0.2, -0.15) is 0 Å². The lowest BCUT2D eigenvalue weighted by molar-refractivity contribution is -0.220. The minimum atomic E-state index is -5.18. The minimum absolute atomic E-state index is 0.0383. The summed E-state index contributed by atoms with van der Waals surface area (Å²) >= 11 is 0. The van der Waals surface area contributed by atoms with E-state index in [0.29, 0.717) is 12.8 Å². The van der Waals surface area contributed by atoms with Crippen molar-refractivity contribution in [3.63, 3.8) is 0 Å². The molecule has 1 fully saturated rings. The highest BCUT2D eigenvalue weighted by Crippen LogP contribution is 2.47. The van der Waals surface area contributed by atoms with Gasteiger partial charge in [0.25, 0.3) is 0 Å². The second-order valence-electron chi connectivity index (χ2n) is 17.1. The van der Waals surface area contributed by atoms with E-state index < -0.39 is 81.8 Å². The van der Waals surface area contributed by atoms with Crippen molar-refractivity contribution in [1.29, 1.82) is 0 Å². The SMILES string of the molecule is CC/C=C\C/C=C\C/C=C\C/C=C\C=C/C(O)C/C=C\CCC(=O)OC[C@H](COP(=O)(O)OC1[C@H](O)[C@H](O)C(O)[C@H](O)[C@H]1O)OC(=O)CCCCCCCC/C=C\C/C=C\C/C=C\CCCCCC. The first-order chi connectivity index (χ1) is 33.3. The summed E-state index contributed by atoms with van der Waals surface area (Å²) in [6.07, 6.45) is 41.5. The van der Waals surface area contributed by atoms with Crippen LogP contribution in [0.25, 0.3) is 0 Å². The van der Waals surface area contributed by atoms with Crippen LogP contribution in [0.3, 0.4) is 0 Å². The molecule has 0 amide bonds. The highest BCUT2D eigenvalue weighted by molar-refractivity contribution is 7.47. The van der Waals surface area contributed by atoms with Crippen LogP contribution in [0, 0.1) is 0 Å². The molecule has 0 radical (unpaired) electrons. The van der Waals surface area contributed by atoms with Crippen molar-refractivity contribution in [3.05, 3.63) is 109 Å². The first-order valence-electron chi connectivity index (χ1n) is 25.3. The van der Waals surface area contributed by atoms with Crippen LogP contribution in [0.2, 0.25) is 0 Å². The number of allylic oxidation sites excluding steroid dienone is 16. The molecule has 9 atom stereocenters. The molecule has 392 valence electrons. The fourth-order valence-electron chi connectivity index (χ4n) is 6.87. The Morgan fingerprint density at radius 2 is 1.03 bits per heavy atom. The largest absolute Gasteiger partial charge is 0.472 e. The molecule has 7 N–H and O–H groups in total. The Balaban J connectivity index is 2.53. The van der Waals surface area contributed by atoms with E-state index in [9.17, 15) is 49.7 Å². The van der Waals surface area contributed by atoms with E-state index in [0.717, 1.165) is 83.5 Å². The van der Waals surface area contributed by atoms with Gasteiger partial charge in [0.15, 0.2) is 6.10 Å². The number of hydrogen-bond acceptors (Lipinski definition) is 13. The number of carbonyl (C=O) groups is 2. The predicted octanol–water partition coefficient (Wildman–Crippen LogP) is 9.75. The van der Waals surface area contributed by atoms with Gasteiger partial charge in [0.1, 0.15) is 43.2 Å². The van der Waals surface area contributed by atoms with E-state index in [4.69, 9.17) is 18.5 Å². The lowest BCUT2D eigenvalue weighted by Gasteiger charge is -2.41. The number of unbranched alkanes of at least 4 members (excludes halogenated alkanes) is 10. The van der Waals surface area contributed by atoms with Crippen LogP contribution in [0.5, 0.6) is 0 Å². The van der Waals surface area contributed by atoms with Crippen LogP contribution in [-0.2, 0) is 32.7 Å². The van der Waals surface area contributed by atoms with Crippen molar-refractivity contribution in [3.8, 4) is 0 Å². The van der Waals surface area contributed by atoms with Crippen LogP contribution >= 0.6 is 7.82 Å². The van der Waals surface area contributed by atoms with Crippen molar-refractivity contribution in [2.45, 2.75) is 204 Å². The van der Waals surface area contributed by atoms with Gasteiger partial charge in [-0.25, -0.2) is 4.57 Å². The summed E-state index contributed by atoms with van der Waals surface area (Å²) < 4.78 is 33.5. The van der Waals surface area contributed by atoms with Crippen molar-refractivity contribution < 1.29 is 68.2 Å². The zero-order valence-electron chi connectivity index (χ0n) is 41.4. The molecule has 0 bridgehead atoms. The quantitative estimate of drug-likeness (QED) is 0.00997. The van der Waals surface area contributed by atoms with Gasteiger partial charge in [-0.1, -0.05) is 168 Å². The van der Waals surface area contributed by atoms with Gasteiger partial charge in [-0.15, -0.1) is 0 Å². The number of aliphatic hydroxyl groups excluding tert-OH is 6. The maximum absolute atomic E-state index is 12.9. The molecule has 0 saturated heterocycles. The molecule has 0 aromatic carbocycles. The Bertz CT molecular complexity index is 1630. The van der Waals surface area contributed by atoms with Crippen molar-refractivity contribution in [2.24, 2.45) is 0 Å². The molecular formula is C54H87O14P. The Hall–Kier alpha value is -3.53. The van der Waals surface area contributed by atoms with Crippen LogP contribution in [0.4, 0.5) is 0 Å². The zero-order chi connectivity index (χ0) is 50.8. The summed E-state index contributed by atoms with van der Waals surface area (Å²) in [5.74, 6) is -1.31. The molecule has 0 aromatic rings. The number of ether oxygens (including phenoxy) is 2. The van der Waals surface area contributed by atoms with Crippen molar-refractivity contribution >= 4 is 19.8 Å². The first-order valence-corrected chi connectivity index (χ1v) is 26.8. The Morgan fingerprint density at radius 3 is 1.61 bits per heavy atom. The molecule has 0 spiro atoms. The first kappa shape index (κ1) is 63.5. The maximum Gasteiger partial charge on any atom is 0.472 e. The summed E-state index contributed by atoms with van der Waals surface area (Å²) in [4.78, 5) is 35.8. The summed E-state index contributed by atoms with van der Waals surface area (Å²) in [5.41, 5.74) is 0. The smallest absolute Gasteiger partial charge is 0.462 e. The number of esters is 2. The standard InChI is InChI=1S/C54H87O14P/c1-3-5-7-9-11-13-15-17-18-19-20-21-22-23-25-27-29-31-33-37-42-48(57)67-46(44-66-69(63,64)68-54-52(61)50(59)49(58)51(60)53(54)62)43-65-47(56)41-38-34-36-40-45(55)39-35-32-30-28-26-24-16-14-12-10-8-6-4-2/h6,8,12-15,18-19,21-22,24,26,30,32,34-36,39,45-46,49-55,58-62H,3-5,7,9-11,16-17,20,23,25,27-29,31,33,37-38,40-44H2,1-2H3,(H,63,64)/b8-6-,14-12-,15-13-,19-18-,22-21-,26-24-,32-30-,36-34-,39-35-/t45?,46-,49?,50-,51+,52-,53-,54?/m1/s1. The van der Waals surface area contributed by atoms with E-state index in [2.05, 4.69) is 86.8 Å². The van der Waals surface area contributed by atoms with E-state index >= 15 is 0 Å². The predicted molar refractivity (Wildman–Crippen MR) is 273 cm³/mol. The molecule has 0 heterocycles. The third kappa shape index (κ3) is 34.4. The van der Waals surface area contributed by atoms with Crippen LogP contribution < -0.4 is 0 Å². The average molecular weight is 991 g/mol. The van der Waals surface area contributed by atoms with Crippen molar-refractivity contribution in [2.75, 3.05) is 13.2 Å². The lowest BCUT2D eigenvalue weighted by atomic mass is 9.85. The van der Waals surface area contributed by atoms with Gasteiger partial charge < -0.3 is 45.0 Å². The summed E-state index contributed by atoms with van der Waals surface area (Å²) in [6.45, 7) is 3.00. The average Bonchev–Trinajstić information content (AvgIpc) is 3.33. The molecule has 69 heavy (non-hydrogen) atoms. The summed E-state index contributed by atoms with van der Waals surface area (Å²) in [5, 5.41) is 60.5. The third-order valence-electron chi connectivity index (χ3n) is 10.9.